The van der Waals surface area contributed by atoms with Gasteiger partial charge >= 0.3 is 12.1 Å². The first-order valence-electron chi connectivity index (χ1n) is 8.49. The molecular weight excluding hydrogens is 447 g/mol. The molecule has 8 nitrogen and oxygen atoms in total. The summed E-state index contributed by atoms with van der Waals surface area (Å²) in [6, 6.07) is 3.14. The first-order chi connectivity index (χ1) is 13.9. The van der Waals surface area contributed by atoms with Crippen LogP contribution in [0.4, 0.5) is 18.3 Å². The van der Waals surface area contributed by atoms with E-state index in [0.717, 1.165) is 18.2 Å². The van der Waals surface area contributed by atoms with Gasteiger partial charge in [0.1, 0.15) is 13.2 Å². The summed E-state index contributed by atoms with van der Waals surface area (Å²) in [5, 5.41) is 2.02. The molecule has 1 heterocycles. The van der Waals surface area contributed by atoms with E-state index in [-0.39, 0.29) is 12.5 Å². The average Bonchev–Trinajstić information content (AvgIpc) is 3.13. The topological polar surface area (TPSA) is 106 Å². The molecule has 0 atom stereocenters. The van der Waals surface area contributed by atoms with Crippen LogP contribution in [0.2, 0.25) is 0 Å². The van der Waals surface area contributed by atoms with Gasteiger partial charge in [0.15, 0.2) is 5.13 Å². The minimum Gasteiger partial charge on any atom is -0.458 e. The van der Waals surface area contributed by atoms with E-state index in [4.69, 9.17) is 4.74 Å². The standard InChI is InChI=1S/C17H18F3N3O5S2/c1-3-23(11(2)24)16-22-13(10-29-16)9-28-15(25)8-21-30(26,27)14-6-4-5-12(7-14)17(18,19)20/h4-7,10,21H,3,8-9H2,1-2H3. The zero-order chi connectivity index (χ0) is 22.5. The van der Waals surface area contributed by atoms with Crippen LogP contribution >= 0.6 is 11.3 Å². The number of nitrogens with one attached hydrogen (secondary N) is 1. The fourth-order valence-electron chi connectivity index (χ4n) is 2.26. The number of benzene rings is 1. The Hall–Kier alpha value is -2.51. The fraction of sp³-hybridized carbons (Fsp3) is 0.353. The summed E-state index contributed by atoms with van der Waals surface area (Å²) in [6.07, 6.45) is -4.70. The molecule has 0 aliphatic heterocycles. The number of hydrogen-bond donors (Lipinski definition) is 1. The normalized spacial score (nSPS) is 11.9. The minimum atomic E-state index is -4.70. The van der Waals surface area contributed by atoms with Gasteiger partial charge in [0.05, 0.1) is 16.2 Å². The van der Waals surface area contributed by atoms with E-state index >= 15 is 0 Å². The van der Waals surface area contributed by atoms with Crippen molar-refractivity contribution in [2.75, 3.05) is 18.0 Å². The number of anilines is 1. The number of amides is 1. The molecule has 1 aromatic carbocycles. The van der Waals surface area contributed by atoms with Crippen molar-refractivity contribution in [3.8, 4) is 0 Å². The molecule has 0 radical (unpaired) electrons. The van der Waals surface area contributed by atoms with E-state index in [2.05, 4.69) is 4.98 Å². The van der Waals surface area contributed by atoms with Gasteiger partial charge in [-0.05, 0) is 25.1 Å². The number of thiazole rings is 1. The molecule has 0 saturated heterocycles. The average molecular weight is 465 g/mol. The molecule has 1 aromatic heterocycles. The number of sulfonamides is 1. The zero-order valence-corrected chi connectivity index (χ0v) is 17.5. The van der Waals surface area contributed by atoms with Crippen molar-refractivity contribution in [2.24, 2.45) is 0 Å². The third-order valence-corrected chi connectivity index (χ3v) is 6.04. The number of ether oxygens (including phenoxy) is 1. The molecule has 0 unspecified atom stereocenters. The van der Waals surface area contributed by atoms with Crippen molar-refractivity contribution in [2.45, 2.75) is 31.5 Å². The third kappa shape index (κ3) is 6.24. The van der Waals surface area contributed by atoms with Crippen LogP contribution in [0.15, 0.2) is 34.5 Å². The number of aromatic nitrogens is 1. The van der Waals surface area contributed by atoms with Gasteiger partial charge in [-0.25, -0.2) is 13.4 Å². The maximum atomic E-state index is 12.7. The number of carbonyl (C=O) groups is 2. The maximum absolute atomic E-state index is 12.7. The Bertz CT molecular complexity index is 1020. The molecule has 164 valence electrons. The molecule has 0 aliphatic rings. The summed E-state index contributed by atoms with van der Waals surface area (Å²) < 4.78 is 69.3. The summed E-state index contributed by atoms with van der Waals surface area (Å²) >= 11 is 1.18. The zero-order valence-electron chi connectivity index (χ0n) is 15.9. The van der Waals surface area contributed by atoms with Gasteiger partial charge in [0.25, 0.3) is 0 Å². The van der Waals surface area contributed by atoms with Crippen LogP contribution in [0.5, 0.6) is 0 Å². The number of hydrogen-bond acceptors (Lipinski definition) is 7. The second kappa shape index (κ2) is 9.53. The van der Waals surface area contributed by atoms with Crippen molar-refractivity contribution in [1.29, 1.82) is 0 Å². The lowest BCUT2D eigenvalue weighted by atomic mass is 10.2. The van der Waals surface area contributed by atoms with Gasteiger partial charge in [-0.3, -0.25) is 14.5 Å². The van der Waals surface area contributed by atoms with Gasteiger partial charge in [-0.1, -0.05) is 6.07 Å². The Labute approximate surface area is 174 Å². The van der Waals surface area contributed by atoms with E-state index in [0.29, 0.717) is 23.4 Å². The molecule has 1 amide bonds. The molecule has 0 aliphatic carbocycles. The van der Waals surface area contributed by atoms with Crippen LogP contribution in [0.3, 0.4) is 0 Å². The molecular formula is C17H18F3N3O5S2. The lowest BCUT2D eigenvalue weighted by Gasteiger charge is -2.14. The highest BCUT2D eigenvalue weighted by Crippen LogP contribution is 2.30. The predicted molar refractivity (Wildman–Crippen MR) is 102 cm³/mol. The highest BCUT2D eigenvalue weighted by Gasteiger charge is 2.31. The summed E-state index contributed by atoms with van der Waals surface area (Å²) in [7, 11) is -4.35. The second-order valence-corrected chi connectivity index (χ2v) is 8.50. The lowest BCUT2D eigenvalue weighted by molar-refractivity contribution is -0.143. The Morgan fingerprint density at radius 3 is 2.60 bits per heavy atom. The van der Waals surface area contributed by atoms with Crippen LogP contribution in [0, 0.1) is 0 Å². The number of rotatable bonds is 8. The number of carbonyl (C=O) groups excluding carboxylic acids is 2. The summed E-state index contributed by atoms with van der Waals surface area (Å²) in [5.74, 6) is -1.14. The van der Waals surface area contributed by atoms with Crippen molar-refractivity contribution >= 4 is 38.4 Å². The monoisotopic (exact) mass is 465 g/mol. The van der Waals surface area contributed by atoms with Gasteiger partial charge in [-0.2, -0.15) is 17.9 Å². The molecule has 2 rings (SSSR count). The van der Waals surface area contributed by atoms with Gasteiger partial charge < -0.3 is 4.74 Å². The first-order valence-corrected chi connectivity index (χ1v) is 10.9. The van der Waals surface area contributed by atoms with Gasteiger partial charge in [-0.15, -0.1) is 11.3 Å². The Morgan fingerprint density at radius 1 is 1.30 bits per heavy atom. The quantitative estimate of drug-likeness (QED) is 0.601. The van der Waals surface area contributed by atoms with E-state index in [1.165, 1.54) is 23.2 Å². The molecule has 0 spiro atoms. The van der Waals surface area contributed by atoms with E-state index in [9.17, 15) is 31.2 Å². The summed E-state index contributed by atoms with van der Waals surface area (Å²) in [5.41, 5.74) is -0.761. The molecule has 2 aromatic rings. The Balaban J connectivity index is 1.93. The predicted octanol–water partition coefficient (Wildman–Crippen LogP) is 2.56. The van der Waals surface area contributed by atoms with Gasteiger partial charge in [0, 0.05) is 18.8 Å². The summed E-state index contributed by atoms with van der Waals surface area (Å²) in [6.45, 7) is 2.56. The third-order valence-electron chi connectivity index (χ3n) is 3.73. The van der Waals surface area contributed by atoms with Crippen LogP contribution < -0.4 is 9.62 Å². The van der Waals surface area contributed by atoms with Crippen LogP contribution in [-0.2, 0) is 37.1 Å². The number of alkyl halides is 3. The smallest absolute Gasteiger partial charge is 0.416 e. The fourth-order valence-corrected chi connectivity index (χ4v) is 4.19. The maximum Gasteiger partial charge on any atom is 0.416 e. The molecule has 30 heavy (non-hydrogen) atoms. The van der Waals surface area contributed by atoms with E-state index < -0.39 is 39.2 Å². The summed E-state index contributed by atoms with van der Waals surface area (Å²) in [4.78, 5) is 28.3. The van der Waals surface area contributed by atoms with Crippen molar-refractivity contribution in [3.05, 3.63) is 40.9 Å². The molecule has 1 N–H and O–H groups in total. The highest BCUT2D eigenvalue weighted by molar-refractivity contribution is 7.89. The molecule has 0 saturated carbocycles. The van der Waals surface area contributed by atoms with Crippen LogP contribution in [0.1, 0.15) is 25.1 Å². The SMILES string of the molecule is CCN(C(C)=O)c1nc(COC(=O)CNS(=O)(=O)c2cccc(C(F)(F)F)c2)cs1. The largest absolute Gasteiger partial charge is 0.458 e. The van der Waals surface area contributed by atoms with Crippen molar-refractivity contribution in [3.63, 3.8) is 0 Å². The minimum absolute atomic E-state index is 0.195. The van der Waals surface area contributed by atoms with Crippen LogP contribution in [0.25, 0.3) is 0 Å². The first kappa shape index (κ1) is 23.8. The Morgan fingerprint density at radius 2 is 2.00 bits per heavy atom. The van der Waals surface area contributed by atoms with E-state index in [1.807, 2.05) is 4.72 Å². The van der Waals surface area contributed by atoms with Crippen molar-refractivity contribution < 1.29 is 35.9 Å². The number of halogens is 3. The van der Waals surface area contributed by atoms with Gasteiger partial charge in [0.2, 0.25) is 15.9 Å². The van der Waals surface area contributed by atoms with Crippen LogP contribution in [-0.4, -0.2) is 38.4 Å². The Kier molecular flexibility index (Phi) is 7.55. The number of nitrogens with zero attached hydrogens (tertiary/aromatic N) is 2. The number of esters is 1. The van der Waals surface area contributed by atoms with E-state index in [1.54, 1.807) is 12.3 Å². The molecule has 0 bridgehead atoms. The highest BCUT2D eigenvalue weighted by atomic mass is 32.2. The van der Waals surface area contributed by atoms with Crippen molar-refractivity contribution in [1.82, 2.24) is 9.71 Å². The lowest BCUT2D eigenvalue weighted by Crippen LogP contribution is -2.31. The molecule has 13 heteroatoms. The molecule has 0 fully saturated rings. The second-order valence-electron chi connectivity index (χ2n) is 5.90.